The average molecular weight is 211 g/mol. The number of carbonyl (C=O) groups is 2. The van der Waals surface area contributed by atoms with Crippen LogP contribution in [0.2, 0.25) is 5.02 Å². The molecular formula is C10H7ClO3. The second kappa shape index (κ2) is 4.58. The zero-order valence-corrected chi connectivity index (χ0v) is 7.95. The molecule has 0 saturated carbocycles. The lowest BCUT2D eigenvalue weighted by atomic mass is 10.2. The topological polar surface area (TPSA) is 43.4 Å². The van der Waals surface area contributed by atoms with Crippen molar-refractivity contribution in [3.8, 4) is 5.75 Å². The molecule has 0 radical (unpaired) electrons. The first-order chi connectivity index (χ1) is 6.67. The van der Waals surface area contributed by atoms with E-state index in [4.69, 9.17) is 16.3 Å². The van der Waals surface area contributed by atoms with Crippen LogP contribution in [0.3, 0.4) is 0 Å². The average Bonchev–Trinajstić information content (AvgIpc) is 2.18. The van der Waals surface area contributed by atoms with Crippen molar-refractivity contribution in [2.24, 2.45) is 0 Å². The third-order valence-corrected chi connectivity index (χ3v) is 1.81. The summed E-state index contributed by atoms with van der Waals surface area (Å²) in [7, 11) is 0. The van der Waals surface area contributed by atoms with Crippen molar-refractivity contribution >= 4 is 23.9 Å². The molecule has 1 aromatic carbocycles. The molecule has 14 heavy (non-hydrogen) atoms. The Morgan fingerprint density at radius 3 is 2.71 bits per heavy atom. The molecule has 0 N–H and O–H groups in total. The maximum absolute atomic E-state index is 10.8. The van der Waals surface area contributed by atoms with Gasteiger partial charge in [0.25, 0.3) is 0 Å². The van der Waals surface area contributed by atoms with Crippen LogP contribution in [-0.2, 0) is 4.79 Å². The molecule has 0 aliphatic carbocycles. The van der Waals surface area contributed by atoms with E-state index >= 15 is 0 Å². The van der Waals surface area contributed by atoms with Gasteiger partial charge in [0.1, 0.15) is 5.75 Å². The van der Waals surface area contributed by atoms with Crippen LogP contribution in [0.1, 0.15) is 10.4 Å². The lowest BCUT2D eigenvalue weighted by molar-refractivity contribution is -0.128. The summed E-state index contributed by atoms with van der Waals surface area (Å²) in [5.41, 5.74) is 0.352. The van der Waals surface area contributed by atoms with E-state index < -0.39 is 5.97 Å². The second-order valence-electron chi connectivity index (χ2n) is 2.43. The number of benzene rings is 1. The minimum Gasteiger partial charge on any atom is -0.423 e. The van der Waals surface area contributed by atoms with Crippen molar-refractivity contribution in [1.82, 2.24) is 0 Å². The molecule has 0 saturated heterocycles. The predicted molar refractivity (Wildman–Crippen MR) is 52.7 cm³/mol. The largest absolute Gasteiger partial charge is 0.423 e. The molecule has 0 aliphatic heterocycles. The number of aldehydes is 1. The molecular weight excluding hydrogens is 204 g/mol. The van der Waals surface area contributed by atoms with Crippen LogP contribution < -0.4 is 4.74 Å². The van der Waals surface area contributed by atoms with Crippen molar-refractivity contribution in [3.63, 3.8) is 0 Å². The fourth-order valence-electron chi connectivity index (χ4n) is 0.825. The molecule has 0 atom stereocenters. The number of halogens is 1. The molecule has 1 rings (SSSR count). The molecule has 0 heterocycles. The summed E-state index contributed by atoms with van der Waals surface area (Å²) in [4.78, 5) is 21.2. The molecule has 0 aliphatic rings. The third-order valence-electron chi connectivity index (χ3n) is 1.48. The molecule has 0 amide bonds. The van der Waals surface area contributed by atoms with E-state index in [1.54, 1.807) is 0 Å². The maximum atomic E-state index is 10.8. The van der Waals surface area contributed by atoms with Crippen molar-refractivity contribution in [1.29, 1.82) is 0 Å². The van der Waals surface area contributed by atoms with E-state index in [9.17, 15) is 9.59 Å². The number of hydrogen-bond acceptors (Lipinski definition) is 3. The maximum Gasteiger partial charge on any atom is 0.335 e. The Morgan fingerprint density at radius 1 is 1.50 bits per heavy atom. The highest BCUT2D eigenvalue weighted by atomic mass is 35.5. The fraction of sp³-hybridized carbons (Fsp3) is 0. The van der Waals surface area contributed by atoms with Crippen LogP contribution in [0.4, 0.5) is 0 Å². The van der Waals surface area contributed by atoms with Crippen LogP contribution in [-0.4, -0.2) is 12.3 Å². The van der Waals surface area contributed by atoms with Crippen molar-refractivity contribution < 1.29 is 14.3 Å². The summed E-state index contributed by atoms with van der Waals surface area (Å²) in [6, 6.07) is 4.35. The number of carbonyl (C=O) groups excluding carboxylic acids is 2. The molecule has 0 spiro atoms. The molecule has 4 heteroatoms. The molecule has 0 aromatic heterocycles. The van der Waals surface area contributed by atoms with Gasteiger partial charge >= 0.3 is 5.97 Å². The Bertz CT molecular complexity index is 385. The van der Waals surface area contributed by atoms with Crippen molar-refractivity contribution in [2.45, 2.75) is 0 Å². The molecule has 3 nitrogen and oxygen atoms in total. The Labute approximate surface area is 85.9 Å². The van der Waals surface area contributed by atoms with Crippen LogP contribution >= 0.6 is 11.6 Å². The standard InChI is InChI=1S/C10H7ClO3/c1-2-10(13)14-8-4-3-7(6-12)9(11)5-8/h2-6H,1H2. The van der Waals surface area contributed by atoms with Gasteiger partial charge in [0.2, 0.25) is 0 Å². The highest BCUT2D eigenvalue weighted by Gasteiger charge is 2.03. The van der Waals surface area contributed by atoms with Gasteiger partial charge in [-0.3, -0.25) is 4.79 Å². The van der Waals surface area contributed by atoms with E-state index in [0.29, 0.717) is 11.8 Å². The van der Waals surface area contributed by atoms with Gasteiger partial charge < -0.3 is 4.74 Å². The quantitative estimate of drug-likeness (QED) is 0.333. The summed E-state index contributed by atoms with van der Waals surface area (Å²) >= 11 is 5.71. The van der Waals surface area contributed by atoms with Crippen LogP contribution in [0.5, 0.6) is 5.75 Å². The van der Waals surface area contributed by atoms with Gasteiger partial charge in [-0.2, -0.15) is 0 Å². The van der Waals surface area contributed by atoms with Gasteiger partial charge in [-0.15, -0.1) is 0 Å². The molecule has 0 unspecified atom stereocenters. The summed E-state index contributed by atoms with van der Waals surface area (Å²) in [5.74, 6) is -0.287. The minimum atomic E-state index is -0.570. The van der Waals surface area contributed by atoms with E-state index in [2.05, 4.69) is 6.58 Å². The van der Waals surface area contributed by atoms with Crippen molar-refractivity contribution in [2.75, 3.05) is 0 Å². The van der Waals surface area contributed by atoms with E-state index in [-0.39, 0.29) is 10.8 Å². The highest BCUT2D eigenvalue weighted by Crippen LogP contribution is 2.21. The van der Waals surface area contributed by atoms with Crippen molar-refractivity contribution in [3.05, 3.63) is 41.4 Å². The van der Waals surface area contributed by atoms with Crippen LogP contribution in [0, 0.1) is 0 Å². The van der Waals surface area contributed by atoms with E-state index in [0.717, 1.165) is 6.08 Å². The van der Waals surface area contributed by atoms with Gasteiger partial charge in [0.05, 0.1) is 5.02 Å². The summed E-state index contributed by atoms with van der Waals surface area (Å²) in [6.07, 6.45) is 1.67. The Morgan fingerprint density at radius 2 is 2.21 bits per heavy atom. The minimum absolute atomic E-state index is 0.245. The first-order valence-electron chi connectivity index (χ1n) is 3.76. The summed E-state index contributed by atoms with van der Waals surface area (Å²) in [5, 5.41) is 0.245. The third kappa shape index (κ3) is 2.44. The molecule has 0 fully saturated rings. The molecule has 1 aromatic rings. The Hall–Kier alpha value is -1.61. The number of hydrogen-bond donors (Lipinski definition) is 0. The van der Waals surface area contributed by atoms with Gasteiger partial charge in [-0.1, -0.05) is 18.2 Å². The monoisotopic (exact) mass is 210 g/mol. The Balaban J connectivity index is 2.91. The normalized spacial score (nSPS) is 9.21. The molecule has 72 valence electrons. The second-order valence-corrected chi connectivity index (χ2v) is 2.83. The zero-order valence-electron chi connectivity index (χ0n) is 7.20. The fourth-order valence-corrected chi connectivity index (χ4v) is 1.04. The number of ether oxygens (including phenoxy) is 1. The summed E-state index contributed by atoms with van der Waals surface area (Å²) in [6.45, 7) is 3.25. The molecule has 0 bridgehead atoms. The SMILES string of the molecule is C=CC(=O)Oc1ccc(C=O)c(Cl)c1. The lowest BCUT2D eigenvalue weighted by Crippen LogP contribution is -2.03. The van der Waals surface area contributed by atoms with Crippen LogP contribution in [0.15, 0.2) is 30.9 Å². The predicted octanol–water partition coefficient (Wildman–Crippen LogP) is 2.24. The Kier molecular flexibility index (Phi) is 3.42. The first-order valence-corrected chi connectivity index (χ1v) is 4.14. The highest BCUT2D eigenvalue weighted by molar-refractivity contribution is 6.33. The number of esters is 1. The van der Waals surface area contributed by atoms with E-state index in [1.165, 1.54) is 18.2 Å². The van der Waals surface area contributed by atoms with Gasteiger partial charge in [0, 0.05) is 17.7 Å². The summed E-state index contributed by atoms with van der Waals surface area (Å²) < 4.78 is 4.79. The van der Waals surface area contributed by atoms with Crippen LogP contribution in [0.25, 0.3) is 0 Å². The first kappa shape index (κ1) is 10.5. The smallest absolute Gasteiger partial charge is 0.335 e. The van der Waals surface area contributed by atoms with Gasteiger partial charge in [-0.25, -0.2) is 4.79 Å². The zero-order chi connectivity index (χ0) is 10.6. The van der Waals surface area contributed by atoms with Gasteiger partial charge in [0.15, 0.2) is 6.29 Å². The van der Waals surface area contributed by atoms with Gasteiger partial charge in [-0.05, 0) is 12.1 Å². The van der Waals surface area contributed by atoms with E-state index in [1.807, 2.05) is 0 Å². The number of rotatable bonds is 3. The lowest BCUT2D eigenvalue weighted by Gasteiger charge is -2.02.